The molecule has 13 rings (SSSR count). The first kappa shape index (κ1) is 39.3. The molecule has 3 nitrogen and oxygen atoms in total. The van der Waals surface area contributed by atoms with Crippen LogP contribution in [0, 0.1) is 0 Å². The molecule has 13 aromatic rings. The fourth-order valence-electron chi connectivity index (χ4n) is 10.3. The molecule has 68 heavy (non-hydrogen) atoms. The molecule has 0 aliphatic rings. The molecule has 3 aromatic heterocycles. The molecule has 0 aliphatic carbocycles. The van der Waals surface area contributed by atoms with E-state index in [4.69, 9.17) is 4.98 Å². The molecule has 0 radical (unpaired) electrons. The van der Waals surface area contributed by atoms with Gasteiger partial charge in [0.1, 0.15) is 0 Å². The van der Waals surface area contributed by atoms with Crippen LogP contribution < -0.4 is 0 Å². The van der Waals surface area contributed by atoms with Gasteiger partial charge in [0, 0.05) is 33.7 Å². The SMILES string of the molecule is c1ccc(-n2c3ccccc3c3cc(-c4cccc(-c5cccc(-c6cccc(-c7cccc(-c8cccc(-c9ccc%10c(c9)c9ncccc9n%10-c9ccccc9)c8)c7)c6)c5)c4)ccc32)cc1. The fourth-order valence-corrected chi connectivity index (χ4v) is 10.3. The van der Waals surface area contributed by atoms with Crippen molar-refractivity contribution in [2.24, 2.45) is 0 Å². The Balaban J connectivity index is 0.793. The monoisotopic (exact) mass is 865 g/mol. The van der Waals surface area contributed by atoms with E-state index in [0.717, 1.165) is 27.6 Å². The minimum absolute atomic E-state index is 1.01. The topological polar surface area (TPSA) is 22.8 Å². The molecule has 0 amide bonds. The number of benzene rings is 10. The summed E-state index contributed by atoms with van der Waals surface area (Å²) in [6, 6.07) is 92.4. The molecule has 318 valence electrons. The second-order valence-electron chi connectivity index (χ2n) is 17.6. The molecule has 0 spiro atoms. The van der Waals surface area contributed by atoms with Gasteiger partial charge in [0.25, 0.3) is 0 Å². The van der Waals surface area contributed by atoms with Crippen molar-refractivity contribution in [2.75, 3.05) is 0 Å². The van der Waals surface area contributed by atoms with E-state index in [1.807, 2.05) is 12.3 Å². The summed E-state index contributed by atoms with van der Waals surface area (Å²) in [4.78, 5) is 4.85. The summed E-state index contributed by atoms with van der Waals surface area (Å²) < 4.78 is 4.68. The van der Waals surface area contributed by atoms with E-state index in [1.165, 1.54) is 94.3 Å². The summed E-state index contributed by atoms with van der Waals surface area (Å²) in [6.07, 6.45) is 1.89. The van der Waals surface area contributed by atoms with Crippen molar-refractivity contribution in [1.82, 2.24) is 14.1 Å². The van der Waals surface area contributed by atoms with Gasteiger partial charge in [-0.3, -0.25) is 4.98 Å². The molecule has 3 heteroatoms. The van der Waals surface area contributed by atoms with Crippen LogP contribution in [0.4, 0.5) is 0 Å². The highest BCUT2D eigenvalue weighted by Crippen LogP contribution is 2.39. The lowest BCUT2D eigenvalue weighted by Gasteiger charge is -2.11. The van der Waals surface area contributed by atoms with E-state index in [2.05, 4.69) is 258 Å². The summed E-state index contributed by atoms with van der Waals surface area (Å²) in [5, 5.41) is 3.66. The van der Waals surface area contributed by atoms with E-state index in [1.54, 1.807) is 0 Å². The summed E-state index contributed by atoms with van der Waals surface area (Å²) in [6.45, 7) is 0. The van der Waals surface area contributed by atoms with E-state index in [9.17, 15) is 0 Å². The number of fused-ring (bicyclic) bond motifs is 6. The normalized spacial score (nSPS) is 11.5. The first-order valence-corrected chi connectivity index (χ1v) is 23.3. The third-order valence-corrected chi connectivity index (χ3v) is 13.5. The molecule has 0 unspecified atom stereocenters. The van der Waals surface area contributed by atoms with Gasteiger partial charge in [-0.25, -0.2) is 0 Å². The second-order valence-corrected chi connectivity index (χ2v) is 17.6. The van der Waals surface area contributed by atoms with Gasteiger partial charge in [-0.1, -0.05) is 158 Å². The fraction of sp³-hybridized carbons (Fsp3) is 0. The Morgan fingerprint density at radius 1 is 0.221 bits per heavy atom. The summed E-state index contributed by atoms with van der Waals surface area (Å²) >= 11 is 0. The van der Waals surface area contributed by atoms with Gasteiger partial charge < -0.3 is 9.13 Å². The first-order chi connectivity index (χ1) is 33.7. The number of pyridine rings is 1. The predicted octanol–water partition coefficient (Wildman–Crippen LogP) is 17.3. The average Bonchev–Trinajstić information content (AvgIpc) is 3.94. The molecule has 0 saturated heterocycles. The highest BCUT2D eigenvalue weighted by atomic mass is 15.0. The van der Waals surface area contributed by atoms with Gasteiger partial charge in [-0.2, -0.15) is 0 Å². The lowest BCUT2D eigenvalue weighted by Crippen LogP contribution is -1.93. The van der Waals surface area contributed by atoms with Crippen LogP contribution in [0.5, 0.6) is 0 Å². The predicted molar refractivity (Wildman–Crippen MR) is 286 cm³/mol. The zero-order valence-electron chi connectivity index (χ0n) is 37.2. The van der Waals surface area contributed by atoms with Crippen LogP contribution >= 0.6 is 0 Å². The van der Waals surface area contributed by atoms with Gasteiger partial charge in [-0.05, 0) is 164 Å². The van der Waals surface area contributed by atoms with Crippen molar-refractivity contribution in [3.63, 3.8) is 0 Å². The Hall–Kier alpha value is -9.05. The first-order valence-electron chi connectivity index (χ1n) is 23.3. The molecular weight excluding hydrogens is 823 g/mol. The Morgan fingerprint density at radius 3 is 1.01 bits per heavy atom. The molecule has 0 fully saturated rings. The van der Waals surface area contributed by atoms with Crippen LogP contribution in [0.3, 0.4) is 0 Å². The van der Waals surface area contributed by atoms with Crippen LogP contribution in [-0.2, 0) is 0 Å². The van der Waals surface area contributed by atoms with E-state index >= 15 is 0 Å². The number of nitrogens with zero attached hydrogens (tertiary/aromatic N) is 3. The maximum Gasteiger partial charge on any atom is 0.0963 e. The summed E-state index contributed by atoms with van der Waals surface area (Å²) in [7, 11) is 0. The third-order valence-electron chi connectivity index (χ3n) is 13.5. The highest BCUT2D eigenvalue weighted by molar-refractivity contribution is 6.11. The standard InChI is InChI=1S/C65H43N3/c1-3-25-56(26-4-1)67-61-30-8-7-29-58(61)59-42-54(32-34-62(59)67)52-23-12-21-50(40-52)48-19-10-17-46(38-48)44-15-9-16-45(37-44)47-18-11-20-49(39-47)51-22-13-24-53(41-51)55-33-35-63-60(43-55)65-64(31-14-36-66-65)68(63)57-27-5-2-6-28-57/h1-43H. The molecule has 0 bridgehead atoms. The molecular formula is C65H43N3. The smallest absolute Gasteiger partial charge is 0.0963 e. The van der Waals surface area contributed by atoms with Gasteiger partial charge in [0.15, 0.2) is 0 Å². The third kappa shape index (κ3) is 6.88. The van der Waals surface area contributed by atoms with Crippen LogP contribution in [0.2, 0.25) is 0 Å². The van der Waals surface area contributed by atoms with Crippen LogP contribution in [-0.4, -0.2) is 14.1 Å². The second kappa shape index (κ2) is 16.4. The van der Waals surface area contributed by atoms with Gasteiger partial charge in [0.05, 0.1) is 27.6 Å². The van der Waals surface area contributed by atoms with Gasteiger partial charge in [-0.15, -0.1) is 0 Å². The Labute approximate surface area is 395 Å². The minimum atomic E-state index is 1.01. The molecule has 0 saturated carbocycles. The molecule has 0 atom stereocenters. The van der Waals surface area contributed by atoms with Crippen molar-refractivity contribution < 1.29 is 0 Å². The van der Waals surface area contributed by atoms with E-state index in [-0.39, 0.29) is 0 Å². The van der Waals surface area contributed by atoms with Gasteiger partial charge in [0.2, 0.25) is 0 Å². The van der Waals surface area contributed by atoms with Gasteiger partial charge >= 0.3 is 0 Å². The number of aromatic nitrogens is 3. The Kier molecular flexibility index (Phi) is 9.50. The maximum absolute atomic E-state index is 4.85. The Bertz CT molecular complexity index is 3770. The average molecular weight is 866 g/mol. The van der Waals surface area contributed by atoms with Crippen molar-refractivity contribution in [2.45, 2.75) is 0 Å². The molecule has 3 heterocycles. The number of hydrogen-bond donors (Lipinski definition) is 0. The largest absolute Gasteiger partial charge is 0.309 e. The summed E-state index contributed by atoms with van der Waals surface area (Å²) in [5.74, 6) is 0. The quantitative estimate of drug-likeness (QED) is 0.149. The zero-order chi connectivity index (χ0) is 45.0. The summed E-state index contributed by atoms with van der Waals surface area (Å²) in [5.41, 5.74) is 22.2. The van der Waals surface area contributed by atoms with Crippen LogP contribution in [0.15, 0.2) is 261 Å². The molecule has 10 aromatic carbocycles. The van der Waals surface area contributed by atoms with Crippen molar-refractivity contribution >= 4 is 43.7 Å². The Morgan fingerprint density at radius 2 is 0.559 bits per heavy atom. The van der Waals surface area contributed by atoms with E-state index in [0.29, 0.717) is 0 Å². The van der Waals surface area contributed by atoms with Crippen molar-refractivity contribution in [1.29, 1.82) is 0 Å². The van der Waals surface area contributed by atoms with Crippen LogP contribution in [0.25, 0.3) is 122 Å². The lowest BCUT2D eigenvalue weighted by molar-refractivity contribution is 1.18. The molecule has 0 N–H and O–H groups in total. The van der Waals surface area contributed by atoms with E-state index < -0.39 is 0 Å². The highest BCUT2D eigenvalue weighted by Gasteiger charge is 2.16. The minimum Gasteiger partial charge on any atom is -0.309 e. The maximum atomic E-state index is 4.85. The van der Waals surface area contributed by atoms with Crippen molar-refractivity contribution in [3.05, 3.63) is 261 Å². The molecule has 0 aliphatic heterocycles. The number of para-hydroxylation sites is 3. The van der Waals surface area contributed by atoms with Crippen LogP contribution in [0.1, 0.15) is 0 Å². The lowest BCUT2D eigenvalue weighted by atomic mass is 9.93. The number of hydrogen-bond acceptors (Lipinski definition) is 1. The van der Waals surface area contributed by atoms with Crippen molar-refractivity contribution in [3.8, 4) is 78.1 Å². The number of rotatable bonds is 8. The zero-order valence-corrected chi connectivity index (χ0v) is 37.2.